The van der Waals surface area contributed by atoms with Gasteiger partial charge >= 0.3 is 0 Å². The van der Waals surface area contributed by atoms with Crippen LogP contribution in [0.15, 0.2) is 0 Å². The van der Waals surface area contributed by atoms with E-state index in [1.165, 1.54) is 0 Å². The van der Waals surface area contributed by atoms with Gasteiger partial charge in [-0.1, -0.05) is 0 Å². The van der Waals surface area contributed by atoms with Gasteiger partial charge in [0.1, 0.15) is 5.25 Å². The van der Waals surface area contributed by atoms with Gasteiger partial charge in [0.25, 0.3) is 10.1 Å². The predicted molar refractivity (Wildman–Crippen MR) is 70.4 cm³/mol. The minimum atomic E-state index is -4.06. The van der Waals surface area contributed by atoms with Crippen molar-refractivity contribution in [1.82, 2.24) is 15.5 Å². The van der Waals surface area contributed by atoms with Crippen molar-refractivity contribution in [2.45, 2.75) is 30.6 Å². The van der Waals surface area contributed by atoms with Gasteiger partial charge in [0, 0.05) is 19.6 Å². The molecule has 2 atom stereocenters. The molecule has 0 aliphatic carbocycles. The fraction of sp³-hybridized carbons (Fsp3) is 0.909. The second kappa shape index (κ2) is 6.17. The largest absolute Gasteiger partial charge is 0.341 e. The van der Waals surface area contributed by atoms with Gasteiger partial charge in [-0.25, -0.2) is 0 Å². The van der Waals surface area contributed by atoms with E-state index in [9.17, 15) is 13.2 Å². The van der Waals surface area contributed by atoms with Crippen molar-refractivity contribution in [3.63, 3.8) is 0 Å². The summed E-state index contributed by atoms with van der Waals surface area (Å²) in [6.45, 7) is 3.33. The molecule has 2 saturated heterocycles. The molecule has 0 radical (unpaired) electrons. The molecule has 2 aliphatic heterocycles. The molecular formula is C11H21N3O4S. The minimum Gasteiger partial charge on any atom is -0.341 e. The molecule has 2 heterocycles. The molecule has 110 valence electrons. The first kappa shape index (κ1) is 14.7. The molecule has 0 saturated carbocycles. The number of nitrogens with one attached hydrogen (secondary N) is 2. The van der Waals surface area contributed by atoms with Crippen molar-refractivity contribution in [3.8, 4) is 0 Å². The maximum atomic E-state index is 12.3. The Morgan fingerprint density at radius 1 is 1.21 bits per heavy atom. The number of nitrogens with zero attached hydrogens (tertiary/aromatic N) is 1. The molecule has 2 aliphatic rings. The lowest BCUT2D eigenvalue weighted by Crippen LogP contribution is -2.46. The summed E-state index contributed by atoms with van der Waals surface area (Å²) in [5.74, 6) is -0.0481. The average Bonchev–Trinajstić information content (AvgIpc) is 2.76. The van der Waals surface area contributed by atoms with E-state index >= 15 is 0 Å². The van der Waals surface area contributed by atoms with Gasteiger partial charge in [0.15, 0.2) is 0 Å². The monoisotopic (exact) mass is 291 g/mol. The zero-order chi connectivity index (χ0) is 13.9. The van der Waals surface area contributed by atoms with Crippen LogP contribution in [-0.4, -0.2) is 67.8 Å². The summed E-state index contributed by atoms with van der Waals surface area (Å²) in [7, 11) is -4.06. The quantitative estimate of drug-likeness (QED) is 0.554. The van der Waals surface area contributed by atoms with Crippen LogP contribution >= 0.6 is 0 Å². The molecule has 1 amide bonds. The van der Waals surface area contributed by atoms with Crippen molar-refractivity contribution in [1.29, 1.82) is 0 Å². The summed E-state index contributed by atoms with van der Waals surface area (Å²) < 4.78 is 31.1. The first-order chi connectivity index (χ1) is 8.98. The summed E-state index contributed by atoms with van der Waals surface area (Å²) in [6.07, 6.45) is 1.97. The number of amides is 1. The summed E-state index contributed by atoms with van der Waals surface area (Å²) in [5, 5.41) is 5.31. The van der Waals surface area contributed by atoms with E-state index in [1.807, 2.05) is 0 Å². The SMILES string of the molecule is O=C([C@@H]1C[C@H](S(=O)(=O)O)CN1)N1CCCNCCC1. The van der Waals surface area contributed by atoms with E-state index in [0.29, 0.717) is 13.1 Å². The van der Waals surface area contributed by atoms with Crippen LogP contribution in [0.25, 0.3) is 0 Å². The third-order valence-electron chi connectivity index (χ3n) is 3.68. The Hall–Kier alpha value is -0.700. The van der Waals surface area contributed by atoms with E-state index in [1.54, 1.807) is 4.90 Å². The zero-order valence-corrected chi connectivity index (χ0v) is 11.7. The summed E-state index contributed by atoms with van der Waals surface area (Å²) in [4.78, 5) is 14.1. The van der Waals surface area contributed by atoms with Crippen LogP contribution in [-0.2, 0) is 14.9 Å². The van der Waals surface area contributed by atoms with E-state index in [4.69, 9.17) is 4.55 Å². The van der Waals surface area contributed by atoms with Crippen molar-refractivity contribution >= 4 is 16.0 Å². The predicted octanol–water partition coefficient (Wildman–Crippen LogP) is -1.18. The maximum Gasteiger partial charge on any atom is 0.269 e. The molecule has 7 nitrogen and oxygen atoms in total. The Labute approximate surface area is 113 Å². The Morgan fingerprint density at radius 3 is 2.37 bits per heavy atom. The molecule has 0 bridgehead atoms. The average molecular weight is 291 g/mol. The number of hydrogen-bond donors (Lipinski definition) is 3. The number of hydrogen-bond acceptors (Lipinski definition) is 5. The van der Waals surface area contributed by atoms with Crippen LogP contribution in [0, 0.1) is 0 Å². The zero-order valence-electron chi connectivity index (χ0n) is 10.8. The van der Waals surface area contributed by atoms with Crippen LogP contribution in [0.4, 0.5) is 0 Å². The molecule has 2 rings (SSSR count). The Bertz CT molecular complexity index is 418. The van der Waals surface area contributed by atoms with E-state index in [2.05, 4.69) is 10.6 Å². The second-order valence-electron chi connectivity index (χ2n) is 5.12. The van der Waals surface area contributed by atoms with Crippen molar-refractivity contribution in [2.24, 2.45) is 0 Å². The summed E-state index contributed by atoms with van der Waals surface area (Å²) in [6, 6.07) is -0.487. The molecule has 0 spiro atoms. The Balaban J connectivity index is 1.92. The van der Waals surface area contributed by atoms with Gasteiger partial charge in [0.05, 0.1) is 6.04 Å². The number of carbonyl (C=O) groups excluding carboxylic acids is 1. The highest BCUT2D eigenvalue weighted by molar-refractivity contribution is 7.86. The first-order valence-electron chi connectivity index (χ1n) is 6.67. The Kier molecular flexibility index (Phi) is 4.77. The minimum absolute atomic E-state index is 0.0481. The summed E-state index contributed by atoms with van der Waals surface area (Å²) >= 11 is 0. The molecular weight excluding hydrogens is 270 g/mol. The normalized spacial score (nSPS) is 29.8. The lowest BCUT2D eigenvalue weighted by molar-refractivity contribution is -0.133. The van der Waals surface area contributed by atoms with Gasteiger partial charge in [-0.2, -0.15) is 8.42 Å². The van der Waals surface area contributed by atoms with Crippen molar-refractivity contribution in [2.75, 3.05) is 32.7 Å². The lowest BCUT2D eigenvalue weighted by atomic mass is 10.1. The lowest BCUT2D eigenvalue weighted by Gasteiger charge is -2.27. The molecule has 0 aromatic heterocycles. The molecule has 2 fully saturated rings. The molecule has 8 heteroatoms. The van der Waals surface area contributed by atoms with E-state index in [0.717, 1.165) is 25.9 Å². The first-order valence-corrected chi connectivity index (χ1v) is 8.18. The van der Waals surface area contributed by atoms with Crippen molar-refractivity contribution in [3.05, 3.63) is 0 Å². The molecule has 19 heavy (non-hydrogen) atoms. The fourth-order valence-corrected chi connectivity index (χ4v) is 3.33. The van der Waals surface area contributed by atoms with Gasteiger partial charge in [0.2, 0.25) is 5.91 Å². The van der Waals surface area contributed by atoms with Crippen molar-refractivity contribution < 1.29 is 17.8 Å². The topological polar surface area (TPSA) is 98.7 Å². The highest BCUT2D eigenvalue weighted by Crippen LogP contribution is 2.16. The Morgan fingerprint density at radius 2 is 1.84 bits per heavy atom. The van der Waals surface area contributed by atoms with Crippen LogP contribution in [0.2, 0.25) is 0 Å². The smallest absolute Gasteiger partial charge is 0.269 e. The maximum absolute atomic E-state index is 12.3. The third-order valence-corrected chi connectivity index (χ3v) is 4.89. The van der Waals surface area contributed by atoms with E-state index in [-0.39, 0.29) is 18.9 Å². The molecule has 0 unspecified atom stereocenters. The van der Waals surface area contributed by atoms with Gasteiger partial charge in [-0.3, -0.25) is 9.35 Å². The molecule has 0 aromatic carbocycles. The van der Waals surface area contributed by atoms with Crippen LogP contribution in [0.3, 0.4) is 0 Å². The fourth-order valence-electron chi connectivity index (χ4n) is 2.59. The van der Waals surface area contributed by atoms with E-state index < -0.39 is 21.4 Å². The third kappa shape index (κ3) is 3.88. The number of carbonyl (C=O) groups is 1. The van der Waals surface area contributed by atoms with Crippen LogP contribution in [0.1, 0.15) is 19.3 Å². The van der Waals surface area contributed by atoms with Gasteiger partial charge in [-0.15, -0.1) is 0 Å². The van der Waals surface area contributed by atoms with Gasteiger partial charge in [-0.05, 0) is 32.4 Å². The summed E-state index contributed by atoms with van der Waals surface area (Å²) in [5.41, 5.74) is 0. The molecule has 0 aromatic rings. The van der Waals surface area contributed by atoms with Crippen LogP contribution < -0.4 is 10.6 Å². The molecule has 3 N–H and O–H groups in total. The highest BCUT2D eigenvalue weighted by atomic mass is 32.2. The van der Waals surface area contributed by atoms with Gasteiger partial charge < -0.3 is 15.5 Å². The standard InChI is InChI=1S/C11H21N3O4S/c15-11(14-5-1-3-12-4-2-6-14)10-7-9(8-13-10)19(16,17)18/h9-10,12-13H,1-8H2,(H,16,17,18)/t9-,10-/m0/s1. The van der Waals surface area contributed by atoms with Crippen LogP contribution in [0.5, 0.6) is 0 Å². The second-order valence-corrected chi connectivity index (χ2v) is 6.81. The highest BCUT2D eigenvalue weighted by Gasteiger charge is 2.37. The number of rotatable bonds is 2.